The summed E-state index contributed by atoms with van der Waals surface area (Å²) >= 11 is 12.2. The number of aromatic amines is 1. The zero-order valence-corrected chi connectivity index (χ0v) is 24.5. The number of nitrogens with two attached hydrogens (primary N) is 1. The largest absolute Gasteiger partial charge is 0.481 e. The van der Waals surface area contributed by atoms with Gasteiger partial charge in [-0.3, -0.25) is 24.0 Å². The van der Waals surface area contributed by atoms with Gasteiger partial charge < -0.3 is 31.4 Å². The number of aliphatic carboxylic acids is 1. The minimum atomic E-state index is -1.46. The smallest absolute Gasteiger partial charge is 0.305 e. The van der Waals surface area contributed by atoms with Gasteiger partial charge in [-0.15, -0.1) is 0 Å². The van der Waals surface area contributed by atoms with Crippen LogP contribution in [0.4, 0.5) is 0 Å². The normalized spacial score (nSPS) is 16.0. The first-order valence-electron chi connectivity index (χ1n) is 13.3. The number of carboxylic acid groups (broad SMARTS) is 1. The average Bonchev–Trinajstić information content (AvgIpc) is 3.29. The lowest BCUT2D eigenvalue weighted by Crippen LogP contribution is -2.58. The van der Waals surface area contributed by atoms with Gasteiger partial charge in [-0.2, -0.15) is 0 Å². The van der Waals surface area contributed by atoms with Crippen molar-refractivity contribution in [3.8, 4) is 0 Å². The highest BCUT2D eigenvalue weighted by atomic mass is 35.5. The Morgan fingerprint density at radius 2 is 1.76 bits per heavy atom. The third-order valence-electron chi connectivity index (χ3n) is 7.11. The third kappa shape index (κ3) is 6.85. The fraction of sp³-hybridized carbons (Fsp3) is 0.345. The van der Waals surface area contributed by atoms with Crippen LogP contribution in [0.15, 0.2) is 42.5 Å². The molecule has 3 aromatic rings. The number of primary amides is 1. The molecule has 42 heavy (non-hydrogen) atoms. The first-order chi connectivity index (χ1) is 19.8. The Kier molecular flexibility index (Phi) is 9.43. The van der Waals surface area contributed by atoms with Crippen LogP contribution < -0.4 is 16.4 Å². The van der Waals surface area contributed by atoms with Gasteiger partial charge in [-0.1, -0.05) is 55.2 Å². The van der Waals surface area contributed by atoms with E-state index in [4.69, 9.17) is 34.0 Å². The van der Waals surface area contributed by atoms with E-state index >= 15 is 0 Å². The lowest BCUT2D eigenvalue weighted by molar-refractivity contribution is -0.140. The summed E-state index contributed by atoms with van der Waals surface area (Å²) in [6.07, 6.45) is -0.361. The van der Waals surface area contributed by atoms with Crippen LogP contribution in [0.1, 0.15) is 48.3 Å². The van der Waals surface area contributed by atoms with Crippen LogP contribution in [-0.4, -0.2) is 62.7 Å². The van der Waals surface area contributed by atoms with Crippen molar-refractivity contribution in [2.75, 3.05) is 0 Å². The van der Waals surface area contributed by atoms with E-state index in [0.29, 0.717) is 0 Å². The van der Waals surface area contributed by atoms with Crippen LogP contribution in [-0.2, 0) is 32.1 Å². The molecule has 4 rings (SSSR count). The molecule has 222 valence electrons. The molecule has 0 spiro atoms. The van der Waals surface area contributed by atoms with E-state index in [0.717, 1.165) is 22.2 Å². The Labute approximate surface area is 251 Å². The Morgan fingerprint density at radius 3 is 2.40 bits per heavy atom. The SMILES string of the molecule is CC(C)C[C@H](NC(=O)[C@H]1Cc2c([nH]c3ccccc23)CN1C(=O)c1ccc(Cl)c(Cl)c1)C(=O)N[C@@H](CC(=O)O)C(N)=O. The predicted octanol–water partition coefficient (Wildman–Crippen LogP) is 3.02. The number of benzene rings is 2. The highest BCUT2D eigenvalue weighted by molar-refractivity contribution is 6.42. The van der Waals surface area contributed by atoms with Gasteiger partial charge in [0.1, 0.15) is 18.1 Å². The number of aromatic nitrogens is 1. The summed E-state index contributed by atoms with van der Waals surface area (Å²) in [4.78, 5) is 68.5. The average molecular weight is 617 g/mol. The zero-order chi connectivity index (χ0) is 30.7. The first-order valence-corrected chi connectivity index (χ1v) is 14.1. The van der Waals surface area contributed by atoms with Crippen LogP contribution in [0.2, 0.25) is 10.0 Å². The number of carbonyl (C=O) groups excluding carboxylic acids is 4. The maximum Gasteiger partial charge on any atom is 0.305 e. The number of hydrogen-bond donors (Lipinski definition) is 5. The molecule has 3 atom stereocenters. The molecule has 1 aliphatic rings. The highest BCUT2D eigenvalue weighted by Gasteiger charge is 2.39. The predicted molar refractivity (Wildman–Crippen MR) is 157 cm³/mol. The molecule has 6 N–H and O–H groups in total. The lowest BCUT2D eigenvalue weighted by atomic mass is 9.94. The highest BCUT2D eigenvalue weighted by Crippen LogP contribution is 2.32. The molecule has 0 unspecified atom stereocenters. The molecule has 1 aromatic heterocycles. The van der Waals surface area contributed by atoms with Crippen molar-refractivity contribution in [3.05, 3.63) is 69.3 Å². The number of para-hydroxylation sites is 1. The van der Waals surface area contributed by atoms with E-state index in [1.807, 2.05) is 38.1 Å². The Morgan fingerprint density at radius 1 is 1.05 bits per heavy atom. The van der Waals surface area contributed by atoms with Crippen molar-refractivity contribution in [3.63, 3.8) is 0 Å². The Hall–Kier alpha value is -4.09. The number of nitrogens with one attached hydrogen (secondary N) is 3. The number of carboxylic acids is 1. The molecular formula is C29H31Cl2N5O6. The molecular weight excluding hydrogens is 585 g/mol. The van der Waals surface area contributed by atoms with Crippen molar-refractivity contribution in [2.24, 2.45) is 11.7 Å². The quantitative estimate of drug-likeness (QED) is 0.234. The van der Waals surface area contributed by atoms with Gasteiger partial charge in [0.15, 0.2) is 0 Å². The number of carbonyl (C=O) groups is 5. The van der Waals surface area contributed by atoms with E-state index in [9.17, 15) is 24.0 Å². The molecule has 0 fully saturated rings. The second kappa shape index (κ2) is 12.8. The fourth-order valence-electron chi connectivity index (χ4n) is 5.09. The molecule has 4 amide bonds. The molecule has 13 heteroatoms. The van der Waals surface area contributed by atoms with E-state index in [1.54, 1.807) is 0 Å². The number of nitrogens with zero attached hydrogens (tertiary/aromatic N) is 1. The summed E-state index contributed by atoms with van der Waals surface area (Å²) in [6, 6.07) is 8.46. The molecule has 2 aromatic carbocycles. The Bertz CT molecular complexity index is 1550. The fourth-order valence-corrected chi connectivity index (χ4v) is 5.39. The summed E-state index contributed by atoms with van der Waals surface area (Å²) in [5.41, 5.74) is 8.04. The number of amides is 4. The maximum atomic E-state index is 13.9. The van der Waals surface area contributed by atoms with Crippen LogP contribution >= 0.6 is 23.2 Å². The van der Waals surface area contributed by atoms with E-state index in [2.05, 4.69) is 15.6 Å². The van der Waals surface area contributed by atoms with Gasteiger partial charge in [-0.05, 0) is 42.2 Å². The number of H-pyrrole nitrogens is 1. The summed E-state index contributed by atoms with van der Waals surface area (Å²) < 4.78 is 0. The molecule has 11 nitrogen and oxygen atoms in total. The zero-order valence-electron chi connectivity index (χ0n) is 22.9. The second-order valence-electron chi connectivity index (χ2n) is 10.7. The minimum Gasteiger partial charge on any atom is -0.481 e. The summed E-state index contributed by atoms with van der Waals surface area (Å²) in [5, 5.41) is 15.6. The standard InChI is InChI=1S/C29H31Cl2N5O6/c1-14(2)9-22(27(40)34-21(26(32)39)12-25(37)38)35-28(41)24-11-17-16-5-3-4-6-20(16)33-23(17)13-36(24)29(42)15-7-8-18(30)19(31)10-15/h3-8,10,14,21-22,24,33H,9,11-13H2,1-2H3,(H2,32,39)(H,34,40)(H,35,41)(H,37,38)/t21-,22-,24+/m0/s1. The number of rotatable bonds is 10. The van der Waals surface area contributed by atoms with Gasteiger partial charge in [0.25, 0.3) is 5.91 Å². The number of hydrogen-bond acceptors (Lipinski definition) is 5. The van der Waals surface area contributed by atoms with Crippen molar-refractivity contribution in [1.82, 2.24) is 20.5 Å². The lowest BCUT2D eigenvalue weighted by Gasteiger charge is -2.36. The third-order valence-corrected chi connectivity index (χ3v) is 7.85. The summed E-state index contributed by atoms with van der Waals surface area (Å²) in [6.45, 7) is 3.77. The Balaban J connectivity index is 1.66. The summed E-state index contributed by atoms with van der Waals surface area (Å²) in [5.74, 6) is -4.21. The van der Waals surface area contributed by atoms with E-state index in [1.165, 1.54) is 23.1 Å². The minimum absolute atomic E-state index is 0.0620. The molecule has 2 heterocycles. The number of halogens is 2. The van der Waals surface area contributed by atoms with Crippen molar-refractivity contribution in [2.45, 2.75) is 57.8 Å². The first kappa shape index (κ1) is 30.9. The van der Waals surface area contributed by atoms with Crippen molar-refractivity contribution < 1.29 is 29.1 Å². The van der Waals surface area contributed by atoms with Crippen LogP contribution in [0.3, 0.4) is 0 Å². The number of fused-ring (bicyclic) bond motifs is 3. The van der Waals surface area contributed by atoms with Gasteiger partial charge in [0.05, 0.1) is 23.0 Å². The topological polar surface area (TPSA) is 175 Å². The molecule has 0 saturated heterocycles. The summed E-state index contributed by atoms with van der Waals surface area (Å²) in [7, 11) is 0. The van der Waals surface area contributed by atoms with Crippen molar-refractivity contribution >= 4 is 63.7 Å². The second-order valence-corrected chi connectivity index (χ2v) is 11.5. The molecule has 0 saturated carbocycles. The van der Waals surface area contributed by atoms with E-state index in [-0.39, 0.29) is 40.9 Å². The van der Waals surface area contributed by atoms with Gasteiger partial charge >= 0.3 is 5.97 Å². The molecule has 0 aliphatic carbocycles. The molecule has 0 bridgehead atoms. The van der Waals surface area contributed by atoms with Gasteiger partial charge in [-0.25, -0.2) is 0 Å². The van der Waals surface area contributed by atoms with E-state index < -0.39 is 54.1 Å². The van der Waals surface area contributed by atoms with Crippen molar-refractivity contribution in [1.29, 1.82) is 0 Å². The van der Waals surface area contributed by atoms with Crippen LogP contribution in [0, 0.1) is 5.92 Å². The van der Waals surface area contributed by atoms with Gasteiger partial charge in [0.2, 0.25) is 17.7 Å². The monoisotopic (exact) mass is 615 g/mol. The van der Waals surface area contributed by atoms with Crippen LogP contribution in [0.5, 0.6) is 0 Å². The van der Waals surface area contributed by atoms with Gasteiger partial charge in [0, 0.05) is 28.6 Å². The maximum absolute atomic E-state index is 13.9. The van der Waals surface area contributed by atoms with Crippen LogP contribution in [0.25, 0.3) is 10.9 Å². The molecule has 1 aliphatic heterocycles. The molecule has 0 radical (unpaired) electrons.